The summed E-state index contributed by atoms with van der Waals surface area (Å²) in [6, 6.07) is 1.55. The van der Waals surface area contributed by atoms with Crippen molar-refractivity contribution < 1.29 is 4.79 Å². The van der Waals surface area contributed by atoms with Crippen molar-refractivity contribution in [3.05, 3.63) is 22.1 Å². The number of aryl methyl sites for hydroxylation is 1. The number of carbonyl (C=O) groups excluding carboxylic acids is 1. The zero-order chi connectivity index (χ0) is 19.8. The molecule has 0 aromatic carbocycles. The van der Waals surface area contributed by atoms with E-state index >= 15 is 0 Å². The molecule has 0 radical (unpaired) electrons. The molecule has 26 heavy (non-hydrogen) atoms. The van der Waals surface area contributed by atoms with Crippen LogP contribution in [0.15, 0.2) is 16.0 Å². The Bertz CT molecular complexity index is 638. The number of amides is 1. The quantitative estimate of drug-likeness (QED) is 0.340. The first-order valence-corrected chi connectivity index (χ1v) is 10.5. The van der Waals surface area contributed by atoms with Crippen molar-refractivity contribution in [2.45, 2.75) is 90.0 Å². The number of unbranched alkanes of at least 4 members (excludes halogenated alkanes) is 3. The highest BCUT2D eigenvalue weighted by Crippen LogP contribution is 2.44. The Morgan fingerprint density at radius 1 is 1.15 bits per heavy atom. The fraction of sp³-hybridized carbons (Fsp3) is 0.750. The number of hydrogen-bond acceptors (Lipinski definition) is 4. The largest absolute Gasteiger partial charge is 0.356 e. The molecule has 0 unspecified atom stereocenters. The van der Waals surface area contributed by atoms with Crippen LogP contribution in [0.3, 0.4) is 0 Å². The van der Waals surface area contributed by atoms with Gasteiger partial charge in [0, 0.05) is 23.1 Å². The fourth-order valence-corrected chi connectivity index (χ4v) is 3.68. The third-order valence-corrected chi connectivity index (χ3v) is 6.43. The second kappa shape index (κ2) is 10.1. The predicted molar refractivity (Wildman–Crippen MR) is 110 cm³/mol. The summed E-state index contributed by atoms with van der Waals surface area (Å²) in [6.45, 7) is 12.9. The number of nitrogens with zero attached hydrogens (tertiary/aromatic N) is 1. The van der Waals surface area contributed by atoms with Crippen LogP contribution in [0.5, 0.6) is 0 Å². The first-order valence-electron chi connectivity index (χ1n) is 9.71. The van der Waals surface area contributed by atoms with E-state index in [4.69, 9.17) is 0 Å². The molecule has 1 heterocycles. The van der Waals surface area contributed by atoms with E-state index in [1.54, 1.807) is 6.07 Å². The highest BCUT2D eigenvalue weighted by molar-refractivity contribution is 8.00. The molecule has 0 aliphatic carbocycles. The highest BCUT2D eigenvalue weighted by atomic mass is 32.2. The van der Waals surface area contributed by atoms with Gasteiger partial charge in [0.05, 0.1) is 5.41 Å². The average Bonchev–Trinajstić information content (AvgIpc) is 2.53. The smallest absolute Gasteiger partial charge is 0.251 e. The SMILES string of the molecule is CCCCCCNC(=O)C(C)(C)C(C)(C)Sc1nc(CCC)cc(=O)[nH]1. The van der Waals surface area contributed by atoms with Gasteiger partial charge in [-0.3, -0.25) is 9.59 Å². The number of nitrogens with one attached hydrogen (secondary N) is 2. The van der Waals surface area contributed by atoms with Crippen LogP contribution in [0.1, 0.15) is 79.3 Å². The van der Waals surface area contributed by atoms with E-state index in [9.17, 15) is 9.59 Å². The average molecular weight is 382 g/mol. The monoisotopic (exact) mass is 381 g/mol. The molecule has 6 heteroatoms. The fourth-order valence-electron chi connectivity index (χ4n) is 2.53. The van der Waals surface area contributed by atoms with Gasteiger partial charge in [-0.1, -0.05) is 51.3 Å². The molecule has 1 rings (SSSR count). The minimum atomic E-state index is -0.609. The molecule has 0 saturated carbocycles. The van der Waals surface area contributed by atoms with Crippen molar-refractivity contribution in [3.8, 4) is 0 Å². The number of aromatic nitrogens is 2. The number of carbonyl (C=O) groups is 1. The lowest BCUT2D eigenvalue weighted by atomic mass is 9.79. The van der Waals surface area contributed by atoms with Crippen molar-refractivity contribution in [2.75, 3.05) is 6.54 Å². The Hall–Kier alpha value is -1.30. The molecule has 2 N–H and O–H groups in total. The number of thioether (sulfide) groups is 1. The lowest BCUT2D eigenvalue weighted by molar-refractivity contribution is -0.130. The van der Waals surface area contributed by atoms with E-state index in [1.807, 2.05) is 27.7 Å². The summed E-state index contributed by atoms with van der Waals surface area (Å²) in [4.78, 5) is 32.0. The maximum Gasteiger partial charge on any atom is 0.251 e. The van der Waals surface area contributed by atoms with E-state index in [2.05, 4.69) is 29.1 Å². The molecular formula is C20H35N3O2S. The van der Waals surface area contributed by atoms with E-state index in [0.29, 0.717) is 11.7 Å². The summed E-state index contributed by atoms with van der Waals surface area (Å²) in [5.41, 5.74) is 0.0505. The van der Waals surface area contributed by atoms with E-state index in [-0.39, 0.29) is 11.5 Å². The minimum Gasteiger partial charge on any atom is -0.356 e. The van der Waals surface area contributed by atoms with Gasteiger partial charge < -0.3 is 10.3 Å². The third kappa shape index (κ3) is 6.45. The normalized spacial score (nSPS) is 12.2. The van der Waals surface area contributed by atoms with E-state index < -0.39 is 10.2 Å². The zero-order valence-corrected chi connectivity index (χ0v) is 18.0. The van der Waals surface area contributed by atoms with Crippen LogP contribution in [0.25, 0.3) is 0 Å². The highest BCUT2D eigenvalue weighted by Gasteiger charge is 2.44. The molecular weight excluding hydrogens is 346 g/mol. The summed E-state index contributed by atoms with van der Waals surface area (Å²) in [7, 11) is 0. The predicted octanol–water partition coefficient (Wildman–Crippen LogP) is 4.32. The molecule has 0 fully saturated rings. The molecule has 1 aromatic heterocycles. The van der Waals surface area contributed by atoms with Crippen molar-refractivity contribution >= 4 is 17.7 Å². The molecule has 148 valence electrons. The molecule has 1 amide bonds. The van der Waals surface area contributed by atoms with Crippen LogP contribution in [-0.4, -0.2) is 27.2 Å². The van der Waals surface area contributed by atoms with Gasteiger partial charge in [0.1, 0.15) is 0 Å². The van der Waals surface area contributed by atoms with E-state index in [0.717, 1.165) is 31.4 Å². The molecule has 0 spiro atoms. The minimum absolute atomic E-state index is 0.0403. The van der Waals surface area contributed by atoms with Gasteiger partial charge in [0.15, 0.2) is 5.16 Å². The van der Waals surface area contributed by atoms with Crippen LogP contribution in [0.4, 0.5) is 0 Å². The Morgan fingerprint density at radius 3 is 2.46 bits per heavy atom. The van der Waals surface area contributed by atoms with Crippen LogP contribution >= 0.6 is 11.8 Å². The molecule has 0 bridgehead atoms. The van der Waals surface area contributed by atoms with Crippen LogP contribution in [0, 0.1) is 5.41 Å². The Morgan fingerprint density at radius 2 is 1.85 bits per heavy atom. The lowest BCUT2D eigenvalue weighted by Gasteiger charge is -2.39. The van der Waals surface area contributed by atoms with Gasteiger partial charge in [-0.15, -0.1) is 0 Å². The van der Waals surface area contributed by atoms with Gasteiger partial charge in [0.25, 0.3) is 5.56 Å². The second-order valence-corrected chi connectivity index (χ2v) is 9.46. The molecule has 0 aliphatic rings. The van der Waals surface area contributed by atoms with Gasteiger partial charge in [-0.05, 0) is 40.5 Å². The summed E-state index contributed by atoms with van der Waals surface area (Å²) in [6.07, 6.45) is 6.26. The van der Waals surface area contributed by atoms with Gasteiger partial charge in [0.2, 0.25) is 5.91 Å². The maximum absolute atomic E-state index is 12.8. The first-order chi connectivity index (χ1) is 12.1. The maximum atomic E-state index is 12.8. The molecule has 0 atom stereocenters. The molecule has 0 saturated heterocycles. The second-order valence-electron chi connectivity index (χ2n) is 7.85. The Kier molecular flexibility index (Phi) is 8.87. The van der Waals surface area contributed by atoms with Crippen LogP contribution < -0.4 is 10.9 Å². The van der Waals surface area contributed by atoms with Gasteiger partial charge in [-0.25, -0.2) is 4.98 Å². The third-order valence-electron chi connectivity index (χ3n) is 5.02. The van der Waals surface area contributed by atoms with E-state index in [1.165, 1.54) is 24.6 Å². The van der Waals surface area contributed by atoms with Crippen molar-refractivity contribution in [1.82, 2.24) is 15.3 Å². The first kappa shape index (κ1) is 22.7. The molecule has 0 aliphatic heterocycles. The number of H-pyrrole nitrogens is 1. The lowest BCUT2D eigenvalue weighted by Crippen LogP contribution is -2.49. The Labute approximate surface area is 162 Å². The molecule has 1 aromatic rings. The van der Waals surface area contributed by atoms with Crippen molar-refractivity contribution in [3.63, 3.8) is 0 Å². The summed E-state index contributed by atoms with van der Waals surface area (Å²) in [5, 5.41) is 3.65. The topological polar surface area (TPSA) is 74.8 Å². The van der Waals surface area contributed by atoms with Crippen LogP contribution in [-0.2, 0) is 11.2 Å². The van der Waals surface area contributed by atoms with Crippen molar-refractivity contribution in [1.29, 1.82) is 0 Å². The number of rotatable bonds is 11. The van der Waals surface area contributed by atoms with Crippen LogP contribution in [0.2, 0.25) is 0 Å². The zero-order valence-electron chi connectivity index (χ0n) is 17.2. The number of hydrogen-bond donors (Lipinski definition) is 2. The summed E-state index contributed by atoms with van der Waals surface area (Å²) >= 11 is 1.46. The summed E-state index contributed by atoms with van der Waals surface area (Å²) in [5.74, 6) is 0.0403. The van der Waals surface area contributed by atoms with Gasteiger partial charge in [-0.2, -0.15) is 0 Å². The summed E-state index contributed by atoms with van der Waals surface area (Å²) < 4.78 is -0.429. The Balaban J connectivity index is 2.80. The molecule has 5 nitrogen and oxygen atoms in total. The van der Waals surface area contributed by atoms with Crippen molar-refractivity contribution in [2.24, 2.45) is 5.41 Å². The standard InChI is InChI=1S/C20H35N3O2S/c1-7-9-10-11-13-21-17(25)19(3,4)20(5,6)26-18-22-15(12-8-2)14-16(24)23-18/h14H,7-13H2,1-6H3,(H,21,25)(H,22,23,24). The van der Waals surface area contributed by atoms with Gasteiger partial charge >= 0.3 is 0 Å². The number of aromatic amines is 1.